The van der Waals surface area contributed by atoms with Crippen LogP contribution in [0.4, 0.5) is 4.79 Å². The van der Waals surface area contributed by atoms with Gasteiger partial charge in [-0.1, -0.05) is 41.9 Å². The summed E-state index contributed by atoms with van der Waals surface area (Å²) < 4.78 is 16.0. The maximum atomic E-state index is 12.8. The quantitative estimate of drug-likeness (QED) is 0.454. The minimum absolute atomic E-state index is 0.130. The number of nitrogens with one attached hydrogen (secondary N) is 2. The monoisotopic (exact) mass is 495 g/mol. The fourth-order valence-electron chi connectivity index (χ4n) is 3.54. The van der Waals surface area contributed by atoms with Crippen molar-refractivity contribution in [2.75, 3.05) is 13.2 Å². The molecule has 4 rings (SSSR count). The number of ether oxygens (including phenoxy) is 2. The Bertz CT molecular complexity index is 1250. The van der Waals surface area contributed by atoms with Crippen LogP contribution in [0.5, 0.6) is 0 Å². The molecule has 1 aromatic heterocycles. The number of urea groups is 1. The summed E-state index contributed by atoms with van der Waals surface area (Å²) in [5.41, 5.74) is 2.05. The molecule has 0 radical (unpaired) electrons. The lowest BCUT2D eigenvalue weighted by Gasteiger charge is -2.29. The topological polar surface area (TPSA) is 120 Å². The van der Waals surface area contributed by atoms with E-state index in [1.165, 1.54) is 6.26 Å². The van der Waals surface area contributed by atoms with Gasteiger partial charge in [0.25, 0.3) is 0 Å². The van der Waals surface area contributed by atoms with Crippen LogP contribution in [-0.4, -0.2) is 36.2 Å². The number of amides is 2. The number of oxazole rings is 1. The van der Waals surface area contributed by atoms with E-state index in [4.69, 9.17) is 25.5 Å². The van der Waals surface area contributed by atoms with Crippen LogP contribution < -0.4 is 10.6 Å². The molecular weight excluding hydrogens is 474 g/mol. The second-order valence-corrected chi connectivity index (χ2v) is 7.98. The van der Waals surface area contributed by atoms with Gasteiger partial charge in [-0.15, -0.1) is 0 Å². The standard InChI is InChI=1S/C25H22ClN3O6/c1-2-33-24(31)21-19(28-25(32)29-22(21)15-8-10-17(26)11-9-15)14-34-20(30)12-18-13-35-23(27-18)16-6-4-3-5-7-16/h3-11,13,22H,2,12,14H2,1H3,(H2,28,29,32). The molecule has 1 unspecified atom stereocenters. The average molecular weight is 496 g/mol. The zero-order chi connectivity index (χ0) is 24.8. The van der Waals surface area contributed by atoms with E-state index < -0.39 is 24.0 Å². The van der Waals surface area contributed by atoms with Gasteiger partial charge in [0, 0.05) is 10.6 Å². The number of carbonyl (C=O) groups is 3. The van der Waals surface area contributed by atoms with Gasteiger partial charge in [-0.25, -0.2) is 14.6 Å². The number of halogens is 1. The van der Waals surface area contributed by atoms with Gasteiger partial charge >= 0.3 is 18.0 Å². The maximum absolute atomic E-state index is 12.8. The van der Waals surface area contributed by atoms with Gasteiger partial charge in [0.1, 0.15) is 12.9 Å². The Morgan fingerprint density at radius 1 is 1.09 bits per heavy atom. The highest BCUT2D eigenvalue weighted by molar-refractivity contribution is 6.30. The number of esters is 2. The third-order valence-electron chi connectivity index (χ3n) is 5.13. The Morgan fingerprint density at radius 2 is 1.83 bits per heavy atom. The molecule has 2 aromatic carbocycles. The van der Waals surface area contributed by atoms with E-state index in [9.17, 15) is 14.4 Å². The molecule has 0 saturated heterocycles. The zero-order valence-electron chi connectivity index (χ0n) is 18.7. The minimum atomic E-state index is -0.808. The van der Waals surface area contributed by atoms with E-state index in [1.807, 2.05) is 30.3 Å². The van der Waals surface area contributed by atoms with E-state index in [0.717, 1.165) is 5.56 Å². The fourth-order valence-corrected chi connectivity index (χ4v) is 3.67. The number of benzene rings is 2. The molecule has 2 N–H and O–H groups in total. The molecule has 180 valence electrons. The Kier molecular flexibility index (Phi) is 7.47. The Balaban J connectivity index is 1.51. The second kappa shape index (κ2) is 10.9. The maximum Gasteiger partial charge on any atom is 0.338 e. The van der Waals surface area contributed by atoms with Crippen LogP contribution in [0.3, 0.4) is 0 Å². The Hall–Kier alpha value is -4.11. The van der Waals surface area contributed by atoms with Crippen LogP contribution in [0, 0.1) is 0 Å². The number of nitrogens with zero attached hydrogens (tertiary/aromatic N) is 1. The van der Waals surface area contributed by atoms with E-state index in [2.05, 4.69) is 15.6 Å². The van der Waals surface area contributed by atoms with Gasteiger partial charge in [-0.2, -0.15) is 0 Å². The SMILES string of the molecule is CCOC(=O)C1=C(COC(=O)Cc2coc(-c3ccccc3)n2)NC(=O)NC1c1ccc(Cl)cc1. The summed E-state index contributed by atoms with van der Waals surface area (Å²) in [5.74, 6) is -0.864. The first-order chi connectivity index (χ1) is 16.9. The smallest absolute Gasteiger partial charge is 0.338 e. The Morgan fingerprint density at radius 3 is 2.54 bits per heavy atom. The van der Waals surface area contributed by atoms with Crippen molar-refractivity contribution in [1.29, 1.82) is 0 Å². The first-order valence-electron chi connectivity index (χ1n) is 10.8. The van der Waals surface area contributed by atoms with Crippen molar-refractivity contribution in [2.45, 2.75) is 19.4 Å². The van der Waals surface area contributed by atoms with Crippen LogP contribution >= 0.6 is 11.6 Å². The first-order valence-corrected chi connectivity index (χ1v) is 11.2. The third kappa shape index (κ3) is 5.88. The summed E-state index contributed by atoms with van der Waals surface area (Å²) >= 11 is 5.97. The highest BCUT2D eigenvalue weighted by Gasteiger charge is 2.34. The number of aromatic nitrogens is 1. The van der Waals surface area contributed by atoms with Crippen molar-refractivity contribution in [3.8, 4) is 11.5 Å². The molecule has 0 spiro atoms. The molecule has 2 heterocycles. The van der Waals surface area contributed by atoms with Gasteiger partial charge in [0.15, 0.2) is 0 Å². The highest BCUT2D eigenvalue weighted by Crippen LogP contribution is 2.29. The van der Waals surface area contributed by atoms with Crippen LogP contribution in [0.15, 0.2) is 76.5 Å². The largest absolute Gasteiger partial charge is 0.463 e. The van der Waals surface area contributed by atoms with E-state index in [0.29, 0.717) is 22.2 Å². The summed E-state index contributed by atoms with van der Waals surface area (Å²) in [4.78, 5) is 41.9. The van der Waals surface area contributed by atoms with Crippen LogP contribution in [-0.2, 0) is 25.5 Å². The third-order valence-corrected chi connectivity index (χ3v) is 5.38. The molecule has 0 fully saturated rings. The molecule has 3 aromatic rings. The normalized spacial score (nSPS) is 15.3. The molecular formula is C25H22ClN3O6. The van der Waals surface area contributed by atoms with Crippen molar-refractivity contribution in [3.63, 3.8) is 0 Å². The lowest BCUT2D eigenvalue weighted by atomic mass is 9.95. The molecule has 2 amide bonds. The molecule has 1 aliphatic heterocycles. The molecule has 9 nitrogen and oxygen atoms in total. The predicted octanol–water partition coefficient (Wildman–Crippen LogP) is 3.95. The van der Waals surface area contributed by atoms with Gasteiger partial charge < -0.3 is 24.5 Å². The van der Waals surface area contributed by atoms with Gasteiger partial charge in [0.2, 0.25) is 5.89 Å². The van der Waals surface area contributed by atoms with Gasteiger partial charge in [0.05, 0.1) is 36.0 Å². The molecule has 1 atom stereocenters. The summed E-state index contributed by atoms with van der Waals surface area (Å²) in [5, 5.41) is 5.76. The van der Waals surface area contributed by atoms with Gasteiger partial charge in [-0.05, 0) is 36.8 Å². The fraction of sp³-hybridized carbons (Fsp3) is 0.200. The average Bonchev–Trinajstić information content (AvgIpc) is 3.32. The lowest BCUT2D eigenvalue weighted by molar-refractivity contribution is -0.143. The molecule has 35 heavy (non-hydrogen) atoms. The molecule has 10 heteroatoms. The second-order valence-electron chi connectivity index (χ2n) is 7.54. The van der Waals surface area contributed by atoms with E-state index in [1.54, 1.807) is 31.2 Å². The molecule has 0 saturated carbocycles. The first kappa shape index (κ1) is 24.0. The van der Waals surface area contributed by atoms with E-state index >= 15 is 0 Å². The van der Waals surface area contributed by atoms with Crippen molar-refractivity contribution in [1.82, 2.24) is 15.6 Å². The molecule has 0 aliphatic carbocycles. The molecule has 1 aliphatic rings. The number of hydrogen-bond acceptors (Lipinski definition) is 7. The minimum Gasteiger partial charge on any atom is -0.463 e. The van der Waals surface area contributed by atoms with Crippen molar-refractivity contribution in [3.05, 3.63) is 88.4 Å². The van der Waals surface area contributed by atoms with Crippen LogP contribution in [0.2, 0.25) is 5.02 Å². The summed E-state index contributed by atoms with van der Waals surface area (Å²) in [6, 6.07) is 14.6. The summed E-state index contributed by atoms with van der Waals surface area (Å²) in [6.45, 7) is 1.46. The zero-order valence-corrected chi connectivity index (χ0v) is 19.5. The van der Waals surface area contributed by atoms with Crippen molar-refractivity contribution < 1.29 is 28.3 Å². The number of carbonyl (C=O) groups excluding carboxylic acids is 3. The van der Waals surface area contributed by atoms with Crippen molar-refractivity contribution >= 4 is 29.6 Å². The Labute approximate surface area is 206 Å². The van der Waals surface area contributed by atoms with Crippen molar-refractivity contribution in [2.24, 2.45) is 0 Å². The molecule has 0 bridgehead atoms. The lowest BCUT2D eigenvalue weighted by Crippen LogP contribution is -2.47. The predicted molar refractivity (Wildman–Crippen MR) is 126 cm³/mol. The number of rotatable bonds is 8. The van der Waals surface area contributed by atoms with Crippen LogP contribution in [0.25, 0.3) is 11.5 Å². The number of hydrogen-bond donors (Lipinski definition) is 2. The van der Waals surface area contributed by atoms with E-state index in [-0.39, 0.29) is 30.9 Å². The summed E-state index contributed by atoms with van der Waals surface area (Å²) in [7, 11) is 0. The van der Waals surface area contributed by atoms with Crippen LogP contribution in [0.1, 0.15) is 24.2 Å². The van der Waals surface area contributed by atoms with Gasteiger partial charge in [-0.3, -0.25) is 4.79 Å². The highest BCUT2D eigenvalue weighted by atomic mass is 35.5. The summed E-state index contributed by atoms with van der Waals surface area (Å²) in [6.07, 6.45) is 1.24.